The van der Waals surface area contributed by atoms with E-state index in [4.69, 9.17) is 5.73 Å². The molecule has 0 aliphatic rings. The van der Waals surface area contributed by atoms with Crippen molar-refractivity contribution in [2.24, 2.45) is 12.8 Å². The smallest absolute Gasteiger partial charge is 0.305 e. The van der Waals surface area contributed by atoms with Gasteiger partial charge < -0.3 is 5.73 Å². The molecule has 0 radical (unpaired) electrons. The summed E-state index contributed by atoms with van der Waals surface area (Å²) in [7, 11) is 1.54. The number of nitrogens with two attached hydrogens (primary N) is 1. The number of alkyl halides is 2. The summed E-state index contributed by atoms with van der Waals surface area (Å²) in [5, 5.41) is 7.79. The first-order valence-corrected chi connectivity index (χ1v) is 7.07. The van der Waals surface area contributed by atoms with Crippen molar-refractivity contribution in [3.8, 4) is 11.3 Å². The molecule has 1 aromatic carbocycles. The van der Waals surface area contributed by atoms with Gasteiger partial charge in [0.25, 0.3) is 5.92 Å². The second kappa shape index (κ2) is 5.45. The molecule has 0 aliphatic heterocycles. The Labute approximate surface area is 134 Å². The maximum atomic E-state index is 13.5. The fraction of sp³-hybridized carbons (Fsp3) is 0.267. The minimum Gasteiger partial charge on any atom is -0.325 e. The number of aryl methyl sites for hydroxylation is 1. The van der Waals surface area contributed by atoms with Gasteiger partial charge in [0.1, 0.15) is 5.69 Å². The number of rotatable bonds is 3. The Morgan fingerprint density at radius 1 is 1.21 bits per heavy atom. The van der Waals surface area contributed by atoms with Crippen molar-refractivity contribution in [3.05, 3.63) is 46.0 Å². The highest BCUT2D eigenvalue weighted by Crippen LogP contribution is 2.31. The molecular formula is C15H14F3N5O. The largest absolute Gasteiger partial charge is 0.325 e. The summed E-state index contributed by atoms with van der Waals surface area (Å²) in [6, 6.07) is 5.80. The topological polar surface area (TPSA) is 78.7 Å². The van der Waals surface area contributed by atoms with E-state index in [-0.39, 0.29) is 28.2 Å². The van der Waals surface area contributed by atoms with Crippen LogP contribution in [-0.4, -0.2) is 19.8 Å². The quantitative estimate of drug-likeness (QED) is 0.794. The molecule has 24 heavy (non-hydrogen) atoms. The summed E-state index contributed by atoms with van der Waals surface area (Å²) < 4.78 is 41.7. The van der Waals surface area contributed by atoms with Crippen LogP contribution in [0.4, 0.5) is 13.3 Å². The molecule has 126 valence electrons. The SMILES string of the molecule is Cn1nc(C(C)(F)F)cc1-c1ccc2c(=O)n(F)nc(CN)c2c1. The van der Waals surface area contributed by atoms with E-state index in [1.54, 1.807) is 12.1 Å². The van der Waals surface area contributed by atoms with Crippen molar-refractivity contribution < 1.29 is 13.3 Å². The number of fused-ring (bicyclic) bond motifs is 1. The fourth-order valence-corrected chi connectivity index (χ4v) is 2.54. The van der Waals surface area contributed by atoms with Crippen LogP contribution in [0.2, 0.25) is 0 Å². The number of halogens is 3. The van der Waals surface area contributed by atoms with E-state index < -0.39 is 11.5 Å². The maximum absolute atomic E-state index is 13.5. The van der Waals surface area contributed by atoms with Gasteiger partial charge in [-0.05, 0) is 18.2 Å². The number of hydrogen-bond donors (Lipinski definition) is 1. The van der Waals surface area contributed by atoms with Crippen LogP contribution in [0.15, 0.2) is 29.1 Å². The summed E-state index contributed by atoms with van der Waals surface area (Å²) in [5.74, 6) is -3.07. The number of nitrogens with zero attached hydrogens (tertiary/aromatic N) is 4. The Morgan fingerprint density at radius 2 is 1.92 bits per heavy atom. The van der Waals surface area contributed by atoms with Crippen molar-refractivity contribution in [1.29, 1.82) is 0 Å². The molecule has 0 aliphatic carbocycles. The van der Waals surface area contributed by atoms with Crippen molar-refractivity contribution in [2.45, 2.75) is 19.4 Å². The van der Waals surface area contributed by atoms with Gasteiger partial charge >= 0.3 is 5.56 Å². The average molecular weight is 337 g/mol. The summed E-state index contributed by atoms with van der Waals surface area (Å²) in [6.45, 7) is 0.688. The van der Waals surface area contributed by atoms with E-state index in [1.165, 1.54) is 23.9 Å². The van der Waals surface area contributed by atoms with Crippen LogP contribution in [0.5, 0.6) is 0 Å². The molecule has 0 saturated carbocycles. The molecule has 2 heterocycles. The second-order valence-corrected chi connectivity index (χ2v) is 5.50. The number of hydrogen-bond acceptors (Lipinski definition) is 4. The normalized spacial score (nSPS) is 12.1. The number of benzene rings is 1. The first-order valence-electron chi connectivity index (χ1n) is 7.07. The Kier molecular flexibility index (Phi) is 3.67. The lowest BCUT2D eigenvalue weighted by Crippen LogP contribution is -2.20. The zero-order chi connectivity index (χ0) is 17.6. The summed E-state index contributed by atoms with van der Waals surface area (Å²) in [5.41, 5.74) is 5.45. The lowest BCUT2D eigenvalue weighted by molar-refractivity contribution is 0.0122. The molecule has 9 heteroatoms. The first kappa shape index (κ1) is 16.2. The van der Waals surface area contributed by atoms with Crippen LogP contribution in [0.25, 0.3) is 22.0 Å². The van der Waals surface area contributed by atoms with Gasteiger partial charge in [0.2, 0.25) is 0 Å². The molecule has 0 amide bonds. The van der Waals surface area contributed by atoms with Gasteiger partial charge in [0, 0.05) is 31.5 Å². The van der Waals surface area contributed by atoms with Crippen LogP contribution in [-0.2, 0) is 19.5 Å². The standard InChI is InChI=1S/C15H14F3N5O/c1-15(16,17)13-6-12(22(2)21-13)8-3-4-9-10(5-8)11(7-19)20-23(18)14(9)24/h3-6H,7,19H2,1-2H3. The van der Waals surface area contributed by atoms with E-state index in [0.29, 0.717) is 16.6 Å². The predicted octanol–water partition coefficient (Wildman–Crippen LogP) is 2.10. The molecule has 0 bridgehead atoms. The Bertz CT molecular complexity index is 987. The Hall–Kier alpha value is -2.68. The van der Waals surface area contributed by atoms with E-state index in [1.807, 2.05) is 0 Å². The molecule has 0 saturated heterocycles. The minimum absolute atomic E-state index is 0.0756. The molecule has 3 rings (SSSR count). The van der Waals surface area contributed by atoms with Crippen molar-refractivity contribution in [2.75, 3.05) is 0 Å². The van der Waals surface area contributed by atoms with Gasteiger partial charge in [0.15, 0.2) is 0 Å². The number of aromatic nitrogens is 4. The second-order valence-electron chi connectivity index (χ2n) is 5.50. The lowest BCUT2D eigenvalue weighted by Gasteiger charge is -2.07. The van der Waals surface area contributed by atoms with E-state index >= 15 is 0 Å². The van der Waals surface area contributed by atoms with Crippen molar-refractivity contribution >= 4 is 10.8 Å². The maximum Gasteiger partial charge on any atom is 0.305 e. The van der Waals surface area contributed by atoms with Gasteiger partial charge in [-0.15, -0.1) is 5.10 Å². The van der Waals surface area contributed by atoms with Gasteiger partial charge in [-0.25, -0.2) is 0 Å². The van der Waals surface area contributed by atoms with Crippen LogP contribution < -0.4 is 11.3 Å². The van der Waals surface area contributed by atoms with Crippen LogP contribution >= 0.6 is 0 Å². The van der Waals surface area contributed by atoms with Crippen LogP contribution in [0.3, 0.4) is 0 Å². The molecule has 0 fully saturated rings. The zero-order valence-corrected chi connectivity index (χ0v) is 12.9. The van der Waals surface area contributed by atoms with Crippen LogP contribution in [0.1, 0.15) is 18.3 Å². The van der Waals surface area contributed by atoms with Crippen molar-refractivity contribution in [1.82, 2.24) is 19.8 Å². The predicted molar refractivity (Wildman–Crippen MR) is 82.2 cm³/mol. The molecule has 3 aromatic rings. The highest BCUT2D eigenvalue weighted by atomic mass is 19.3. The third-order valence-corrected chi connectivity index (χ3v) is 3.76. The molecule has 0 unspecified atom stereocenters. The third kappa shape index (κ3) is 2.56. The Morgan fingerprint density at radius 3 is 2.50 bits per heavy atom. The van der Waals surface area contributed by atoms with Gasteiger partial charge in [0.05, 0.1) is 16.8 Å². The van der Waals surface area contributed by atoms with Gasteiger partial charge in [-0.1, -0.05) is 15.5 Å². The fourth-order valence-electron chi connectivity index (χ4n) is 2.54. The van der Waals surface area contributed by atoms with E-state index in [2.05, 4.69) is 10.2 Å². The summed E-state index contributed by atoms with van der Waals surface area (Å²) in [6.07, 6.45) is 0. The van der Waals surface area contributed by atoms with Crippen molar-refractivity contribution in [3.63, 3.8) is 0 Å². The summed E-state index contributed by atoms with van der Waals surface area (Å²) >= 11 is 0. The lowest BCUT2D eigenvalue weighted by atomic mass is 10.0. The molecule has 6 nitrogen and oxygen atoms in total. The Balaban J connectivity index is 2.24. The zero-order valence-electron chi connectivity index (χ0n) is 12.9. The van der Waals surface area contributed by atoms with E-state index in [0.717, 1.165) is 6.92 Å². The highest BCUT2D eigenvalue weighted by molar-refractivity contribution is 5.88. The van der Waals surface area contributed by atoms with Crippen LogP contribution in [0, 0.1) is 0 Å². The van der Waals surface area contributed by atoms with Gasteiger partial charge in [-0.3, -0.25) is 9.48 Å². The highest BCUT2D eigenvalue weighted by Gasteiger charge is 2.29. The first-order chi connectivity index (χ1) is 11.2. The minimum atomic E-state index is -3.07. The molecular weight excluding hydrogens is 323 g/mol. The third-order valence-electron chi connectivity index (χ3n) is 3.76. The monoisotopic (exact) mass is 337 g/mol. The average Bonchev–Trinajstić information content (AvgIpc) is 2.92. The molecule has 0 spiro atoms. The molecule has 0 atom stereocenters. The summed E-state index contributed by atoms with van der Waals surface area (Å²) in [4.78, 5) is 11.6. The molecule has 2 aromatic heterocycles. The molecule has 2 N–H and O–H groups in total. The van der Waals surface area contributed by atoms with Gasteiger partial charge in [-0.2, -0.15) is 13.9 Å². The van der Waals surface area contributed by atoms with E-state index in [9.17, 15) is 18.1 Å².